The van der Waals surface area contributed by atoms with Gasteiger partial charge in [-0.2, -0.15) is 11.8 Å². The molecule has 0 saturated carbocycles. The first-order valence-electron chi connectivity index (χ1n) is 7.61. The summed E-state index contributed by atoms with van der Waals surface area (Å²) in [6, 6.07) is 15.6. The third-order valence-corrected chi connectivity index (χ3v) is 6.50. The van der Waals surface area contributed by atoms with Crippen molar-refractivity contribution >= 4 is 22.6 Å². The summed E-state index contributed by atoms with van der Waals surface area (Å²) in [5.41, 5.74) is 7.07. The molecule has 0 fully saturated rings. The van der Waals surface area contributed by atoms with Crippen LogP contribution in [0.1, 0.15) is 30.5 Å². The van der Waals surface area contributed by atoms with Crippen LogP contribution in [0.3, 0.4) is 0 Å². The average molecular weight is 331 g/mol. The van der Waals surface area contributed by atoms with Gasteiger partial charge in [0.2, 0.25) is 0 Å². The summed E-state index contributed by atoms with van der Waals surface area (Å²) < 4.78 is 11.1. The zero-order valence-corrected chi connectivity index (χ0v) is 15.0. The van der Waals surface area contributed by atoms with Crippen LogP contribution in [0.15, 0.2) is 42.5 Å². The van der Waals surface area contributed by atoms with Crippen LogP contribution in [0.2, 0.25) is 0 Å². The van der Waals surface area contributed by atoms with E-state index in [0.29, 0.717) is 0 Å². The van der Waals surface area contributed by atoms with Crippen LogP contribution in [-0.4, -0.2) is 22.0 Å². The van der Waals surface area contributed by atoms with Gasteiger partial charge >= 0.3 is 0 Å². The minimum Gasteiger partial charge on any atom is -0.260 e. The maximum Gasteiger partial charge on any atom is 0.0322 e. The van der Waals surface area contributed by atoms with E-state index < -0.39 is 10.8 Å². The highest BCUT2D eigenvalue weighted by atomic mass is 32.2. The molecule has 116 valence electrons. The van der Waals surface area contributed by atoms with Crippen molar-refractivity contribution in [3.63, 3.8) is 0 Å². The topological polar surface area (TPSA) is 17.1 Å². The number of hydrogen-bond donors (Lipinski definition) is 0. The van der Waals surface area contributed by atoms with E-state index in [2.05, 4.69) is 56.3 Å². The van der Waals surface area contributed by atoms with Crippen LogP contribution in [0.4, 0.5) is 0 Å². The molecule has 0 radical (unpaired) electrons. The molecule has 3 rings (SSSR count). The maximum absolute atomic E-state index is 11.1. The zero-order chi connectivity index (χ0) is 15.7. The fourth-order valence-electron chi connectivity index (χ4n) is 3.22. The minimum atomic E-state index is -0.684. The van der Waals surface area contributed by atoms with Crippen molar-refractivity contribution in [1.82, 2.24) is 0 Å². The first-order valence-corrected chi connectivity index (χ1v) is 10.5. The van der Waals surface area contributed by atoms with Crippen LogP contribution in [0.25, 0.3) is 11.1 Å². The summed E-state index contributed by atoms with van der Waals surface area (Å²) in [6.07, 6.45) is 1.77. The third kappa shape index (κ3) is 2.89. The number of rotatable bonds is 5. The lowest BCUT2D eigenvalue weighted by atomic mass is 9.82. The van der Waals surface area contributed by atoms with E-state index >= 15 is 0 Å². The van der Waals surface area contributed by atoms with Crippen molar-refractivity contribution in [3.8, 4) is 11.1 Å². The Hall–Kier alpha value is -1.06. The van der Waals surface area contributed by atoms with Gasteiger partial charge in [-0.05, 0) is 33.9 Å². The van der Waals surface area contributed by atoms with Crippen LogP contribution >= 0.6 is 11.8 Å². The largest absolute Gasteiger partial charge is 0.260 e. The van der Waals surface area contributed by atoms with Gasteiger partial charge in [-0.3, -0.25) is 4.21 Å². The Morgan fingerprint density at radius 3 is 2.55 bits per heavy atom. The molecule has 0 saturated heterocycles. The van der Waals surface area contributed by atoms with E-state index in [9.17, 15) is 4.21 Å². The average Bonchev–Trinajstić information content (AvgIpc) is 2.72. The summed E-state index contributed by atoms with van der Waals surface area (Å²) in [5, 5.41) is 0. The second-order valence-corrected chi connectivity index (χ2v) is 9.04. The van der Waals surface area contributed by atoms with Crippen molar-refractivity contribution in [2.45, 2.75) is 25.0 Å². The molecule has 22 heavy (non-hydrogen) atoms. The first kappa shape index (κ1) is 15.8. The minimum absolute atomic E-state index is 0.0940. The van der Waals surface area contributed by atoms with E-state index in [1.54, 1.807) is 6.26 Å². The van der Waals surface area contributed by atoms with Gasteiger partial charge in [0.05, 0.1) is 0 Å². The van der Waals surface area contributed by atoms with Gasteiger partial charge in [0, 0.05) is 39.7 Å². The standard InChI is InChI=1S/C19H22OS2/c1-19(2)17-7-5-4-6-15(17)16-12-14(8-9-18(16)19)13-21-10-11-22(3)20/h4-9,12H,10-11,13H2,1-3H3. The Balaban J connectivity index is 1.85. The lowest BCUT2D eigenvalue weighted by Crippen LogP contribution is -2.14. The van der Waals surface area contributed by atoms with E-state index in [1.807, 2.05) is 11.8 Å². The smallest absolute Gasteiger partial charge is 0.0322 e. The highest BCUT2D eigenvalue weighted by Crippen LogP contribution is 2.48. The molecule has 0 heterocycles. The summed E-state index contributed by atoms with van der Waals surface area (Å²) >= 11 is 1.87. The second-order valence-electron chi connectivity index (χ2n) is 6.38. The van der Waals surface area contributed by atoms with Crippen molar-refractivity contribution in [3.05, 3.63) is 59.2 Å². The Kier molecular flexibility index (Phi) is 4.47. The van der Waals surface area contributed by atoms with Crippen LogP contribution in [0, 0.1) is 0 Å². The van der Waals surface area contributed by atoms with Crippen molar-refractivity contribution in [2.24, 2.45) is 0 Å². The van der Waals surface area contributed by atoms with Gasteiger partial charge in [-0.25, -0.2) is 0 Å². The van der Waals surface area contributed by atoms with Gasteiger partial charge in [0.1, 0.15) is 0 Å². The predicted molar refractivity (Wildman–Crippen MR) is 99.1 cm³/mol. The van der Waals surface area contributed by atoms with Gasteiger partial charge < -0.3 is 0 Å². The quantitative estimate of drug-likeness (QED) is 0.745. The number of benzene rings is 2. The van der Waals surface area contributed by atoms with E-state index in [0.717, 1.165) is 17.3 Å². The molecule has 0 aromatic heterocycles. The fourth-order valence-corrected chi connectivity index (χ4v) is 5.19. The Bertz CT molecular complexity index is 719. The monoisotopic (exact) mass is 330 g/mol. The van der Waals surface area contributed by atoms with Gasteiger partial charge in [0.25, 0.3) is 0 Å². The molecule has 2 aromatic carbocycles. The molecular formula is C19H22OS2. The number of fused-ring (bicyclic) bond motifs is 3. The third-order valence-electron chi connectivity index (χ3n) is 4.43. The molecule has 1 aliphatic carbocycles. The number of thioether (sulfide) groups is 1. The lowest BCUT2D eigenvalue weighted by molar-refractivity contribution is 0.660. The van der Waals surface area contributed by atoms with Crippen LogP contribution in [-0.2, 0) is 22.0 Å². The molecule has 0 bridgehead atoms. The van der Waals surface area contributed by atoms with Crippen molar-refractivity contribution in [1.29, 1.82) is 0 Å². The Morgan fingerprint density at radius 1 is 1.05 bits per heavy atom. The molecule has 0 N–H and O–H groups in total. The SMILES string of the molecule is CS(=O)CCSCc1ccc2c(c1)-c1ccccc1C2(C)C. The summed E-state index contributed by atoms with van der Waals surface area (Å²) in [7, 11) is -0.684. The normalized spacial score (nSPS) is 16.1. The van der Waals surface area contributed by atoms with Gasteiger partial charge in [0.15, 0.2) is 0 Å². The van der Waals surface area contributed by atoms with Crippen LogP contribution < -0.4 is 0 Å². The molecule has 1 atom stereocenters. The summed E-state index contributed by atoms with van der Waals surface area (Å²) in [5.74, 6) is 2.74. The van der Waals surface area contributed by atoms with Gasteiger partial charge in [-0.15, -0.1) is 0 Å². The molecule has 2 aromatic rings. The van der Waals surface area contributed by atoms with Crippen molar-refractivity contribution < 1.29 is 4.21 Å². The van der Waals surface area contributed by atoms with Gasteiger partial charge in [-0.1, -0.05) is 50.2 Å². The highest BCUT2D eigenvalue weighted by Gasteiger charge is 2.34. The molecule has 3 heteroatoms. The maximum atomic E-state index is 11.1. The predicted octanol–water partition coefficient (Wildman–Crippen LogP) is 4.60. The second kappa shape index (κ2) is 6.21. The molecule has 1 unspecified atom stereocenters. The number of hydrogen-bond acceptors (Lipinski definition) is 2. The molecule has 1 nitrogen and oxygen atoms in total. The molecule has 0 aliphatic heterocycles. The lowest BCUT2D eigenvalue weighted by Gasteiger charge is -2.21. The van der Waals surface area contributed by atoms with E-state index in [4.69, 9.17) is 0 Å². The van der Waals surface area contributed by atoms with E-state index in [1.165, 1.54) is 27.8 Å². The first-order chi connectivity index (χ1) is 10.5. The zero-order valence-electron chi connectivity index (χ0n) is 13.4. The van der Waals surface area contributed by atoms with Crippen molar-refractivity contribution in [2.75, 3.05) is 17.8 Å². The Labute approximate surface area is 140 Å². The summed E-state index contributed by atoms with van der Waals surface area (Å²) in [4.78, 5) is 0. The molecule has 0 spiro atoms. The van der Waals surface area contributed by atoms with E-state index in [-0.39, 0.29) is 5.41 Å². The summed E-state index contributed by atoms with van der Waals surface area (Å²) in [6.45, 7) is 4.62. The molecule has 1 aliphatic rings. The Morgan fingerprint density at radius 2 is 1.77 bits per heavy atom. The molecular weight excluding hydrogens is 308 g/mol. The fraction of sp³-hybridized carbons (Fsp3) is 0.368. The highest BCUT2D eigenvalue weighted by molar-refractivity contribution is 7.99. The molecule has 0 amide bonds. The van der Waals surface area contributed by atoms with Crippen LogP contribution in [0.5, 0.6) is 0 Å².